The lowest BCUT2D eigenvalue weighted by Gasteiger charge is -2.36. The normalized spacial score (nSPS) is 18.1. The summed E-state index contributed by atoms with van der Waals surface area (Å²) in [6, 6.07) is 10.8. The van der Waals surface area contributed by atoms with Crippen LogP contribution >= 0.6 is 0 Å². The van der Waals surface area contributed by atoms with E-state index in [2.05, 4.69) is 51.2 Å². The fourth-order valence-electron chi connectivity index (χ4n) is 3.94. The van der Waals surface area contributed by atoms with Crippen molar-refractivity contribution in [3.63, 3.8) is 0 Å². The van der Waals surface area contributed by atoms with Crippen LogP contribution in [0.2, 0.25) is 0 Å². The van der Waals surface area contributed by atoms with Crippen LogP contribution in [-0.2, 0) is 4.74 Å². The van der Waals surface area contributed by atoms with Gasteiger partial charge in [-0.2, -0.15) is 4.98 Å². The van der Waals surface area contributed by atoms with Crippen molar-refractivity contribution in [3.05, 3.63) is 41.6 Å². The van der Waals surface area contributed by atoms with Crippen molar-refractivity contribution in [2.24, 2.45) is 0 Å². The quantitative estimate of drug-likeness (QED) is 0.803. The molecular weight excluding hydrogens is 364 g/mol. The zero-order valence-corrected chi connectivity index (χ0v) is 17.6. The summed E-state index contributed by atoms with van der Waals surface area (Å²) < 4.78 is 5.41. The third kappa shape index (κ3) is 5.36. The first-order valence-corrected chi connectivity index (χ1v) is 10.6. The van der Waals surface area contributed by atoms with Gasteiger partial charge in [-0.15, -0.1) is 0 Å². The zero-order valence-electron chi connectivity index (χ0n) is 17.6. The summed E-state index contributed by atoms with van der Waals surface area (Å²) in [5, 5.41) is 3.48. The van der Waals surface area contributed by atoms with Gasteiger partial charge in [-0.25, -0.2) is 4.98 Å². The SMILES string of the molecule is Cc1cccc(N2CCN(c3nc(C)cc(NCCN4CCOCC4)n3)CC2)c1. The summed E-state index contributed by atoms with van der Waals surface area (Å²) >= 11 is 0. The molecule has 2 aliphatic heterocycles. The lowest BCUT2D eigenvalue weighted by Crippen LogP contribution is -2.47. The Labute approximate surface area is 173 Å². The molecule has 1 aromatic heterocycles. The van der Waals surface area contributed by atoms with Crippen molar-refractivity contribution in [1.82, 2.24) is 14.9 Å². The van der Waals surface area contributed by atoms with E-state index in [1.54, 1.807) is 0 Å². The van der Waals surface area contributed by atoms with Crippen molar-refractivity contribution in [2.75, 3.05) is 80.7 Å². The lowest BCUT2D eigenvalue weighted by atomic mass is 10.2. The second-order valence-electron chi connectivity index (χ2n) is 7.89. The van der Waals surface area contributed by atoms with Crippen LogP contribution < -0.4 is 15.1 Å². The fraction of sp³-hybridized carbons (Fsp3) is 0.545. The van der Waals surface area contributed by atoms with Gasteiger partial charge < -0.3 is 19.9 Å². The summed E-state index contributed by atoms with van der Waals surface area (Å²) in [4.78, 5) is 16.7. The number of rotatable bonds is 6. The molecule has 1 N–H and O–H groups in total. The van der Waals surface area contributed by atoms with Crippen LogP contribution in [0.15, 0.2) is 30.3 Å². The van der Waals surface area contributed by atoms with E-state index >= 15 is 0 Å². The zero-order chi connectivity index (χ0) is 20.1. The number of anilines is 3. The van der Waals surface area contributed by atoms with Gasteiger partial charge in [0.15, 0.2) is 0 Å². The maximum absolute atomic E-state index is 5.41. The Kier molecular flexibility index (Phi) is 6.46. The fourth-order valence-corrected chi connectivity index (χ4v) is 3.94. The molecule has 2 saturated heterocycles. The number of aromatic nitrogens is 2. The Hall–Kier alpha value is -2.38. The van der Waals surface area contributed by atoms with Gasteiger partial charge in [-0.3, -0.25) is 4.90 Å². The van der Waals surface area contributed by atoms with Gasteiger partial charge in [0.05, 0.1) is 13.2 Å². The van der Waals surface area contributed by atoms with Crippen LogP contribution in [0, 0.1) is 13.8 Å². The highest BCUT2D eigenvalue weighted by Crippen LogP contribution is 2.20. The van der Waals surface area contributed by atoms with Crippen molar-refractivity contribution < 1.29 is 4.74 Å². The number of hydrogen-bond donors (Lipinski definition) is 1. The topological polar surface area (TPSA) is 56.8 Å². The van der Waals surface area contributed by atoms with Crippen molar-refractivity contribution >= 4 is 17.5 Å². The summed E-state index contributed by atoms with van der Waals surface area (Å²) in [7, 11) is 0. The Balaban J connectivity index is 1.33. The number of nitrogens with one attached hydrogen (secondary N) is 1. The molecule has 2 aliphatic rings. The highest BCUT2D eigenvalue weighted by atomic mass is 16.5. The number of benzene rings is 1. The van der Waals surface area contributed by atoms with E-state index in [4.69, 9.17) is 14.7 Å². The molecule has 4 rings (SSSR count). The largest absolute Gasteiger partial charge is 0.379 e. The third-order valence-electron chi connectivity index (χ3n) is 5.61. The lowest BCUT2D eigenvalue weighted by molar-refractivity contribution is 0.0398. The van der Waals surface area contributed by atoms with Crippen LogP contribution in [0.25, 0.3) is 0 Å². The van der Waals surface area contributed by atoms with Crippen LogP contribution in [-0.4, -0.2) is 80.4 Å². The number of ether oxygens (including phenoxy) is 1. The molecule has 0 spiro atoms. The first kappa shape index (κ1) is 19.9. The molecule has 156 valence electrons. The summed E-state index contributed by atoms with van der Waals surface area (Å²) in [5.74, 6) is 1.75. The van der Waals surface area contributed by atoms with E-state index in [1.165, 1.54) is 11.3 Å². The van der Waals surface area contributed by atoms with E-state index in [1.807, 2.05) is 13.0 Å². The maximum atomic E-state index is 5.41. The molecule has 3 heterocycles. The highest BCUT2D eigenvalue weighted by molar-refractivity contribution is 5.51. The van der Waals surface area contributed by atoms with Gasteiger partial charge in [0.1, 0.15) is 5.82 Å². The second-order valence-corrected chi connectivity index (χ2v) is 7.89. The molecule has 0 radical (unpaired) electrons. The number of hydrogen-bond acceptors (Lipinski definition) is 7. The minimum absolute atomic E-state index is 0.836. The number of aryl methyl sites for hydroxylation is 2. The predicted octanol–water partition coefficient (Wildman–Crippen LogP) is 2.16. The average Bonchev–Trinajstić information content (AvgIpc) is 2.74. The molecule has 2 fully saturated rings. The molecule has 0 amide bonds. The number of nitrogens with zero attached hydrogens (tertiary/aromatic N) is 5. The van der Waals surface area contributed by atoms with Crippen LogP contribution in [0.5, 0.6) is 0 Å². The van der Waals surface area contributed by atoms with Gasteiger partial charge in [-0.1, -0.05) is 12.1 Å². The second kappa shape index (κ2) is 9.41. The molecule has 0 atom stereocenters. The van der Waals surface area contributed by atoms with Crippen molar-refractivity contribution in [1.29, 1.82) is 0 Å². The molecule has 7 nitrogen and oxygen atoms in total. The van der Waals surface area contributed by atoms with E-state index in [-0.39, 0.29) is 0 Å². The number of piperazine rings is 1. The Morgan fingerprint density at radius 2 is 1.69 bits per heavy atom. The molecule has 29 heavy (non-hydrogen) atoms. The molecule has 0 unspecified atom stereocenters. The maximum Gasteiger partial charge on any atom is 0.227 e. The minimum atomic E-state index is 0.836. The van der Waals surface area contributed by atoms with Gasteiger partial charge in [-0.05, 0) is 31.5 Å². The van der Waals surface area contributed by atoms with E-state index in [9.17, 15) is 0 Å². The van der Waals surface area contributed by atoms with E-state index < -0.39 is 0 Å². The molecule has 0 aliphatic carbocycles. The third-order valence-corrected chi connectivity index (χ3v) is 5.61. The van der Waals surface area contributed by atoms with Crippen LogP contribution in [0.3, 0.4) is 0 Å². The highest BCUT2D eigenvalue weighted by Gasteiger charge is 2.20. The molecular formula is C22H32N6O. The standard InChI is InChI=1S/C22H32N6O/c1-18-4-3-5-20(16-18)27-8-10-28(11-9-27)22-24-19(2)17-21(25-22)23-6-7-26-12-14-29-15-13-26/h3-5,16-17H,6-15H2,1-2H3,(H,23,24,25). The van der Waals surface area contributed by atoms with E-state index in [0.717, 1.165) is 83.0 Å². The first-order valence-electron chi connectivity index (χ1n) is 10.6. The number of morpholine rings is 1. The molecule has 7 heteroatoms. The monoisotopic (exact) mass is 396 g/mol. The average molecular weight is 397 g/mol. The van der Waals surface area contributed by atoms with Crippen molar-refractivity contribution in [3.8, 4) is 0 Å². The summed E-state index contributed by atoms with van der Waals surface area (Å²) in [6.07, 6.45) is 0. The first-order chi connectivity index (χ1) is 14.2. The molecule has 0 saturated carbocycles. The van der Waals surface area contributed by atoms with Gasteiger partial charge in [0.25, 0.3) is 0 Å². The molecule has 2 aromatic rings. The van der Waals surface area contributed by atoms with E-state index in [0.29, 0.717) is 0 Å². The van der Waals surface area contributed by atoms with Crippen molar-refractivity contribution in [2.45, 2.75) is 13.8 Å². The minimum Gasteiger partial charge on any atom is -0.379 e. The molecule has 1 aromatic carbocycles. The molecule has 0 bridgehead atoms. The predicted molar refractivity (Wildman–Crippen MR) is 118 cm³/mol. The Morgan fingerprint density at radius 3 is 2.45 bits per heavy atom. The van der Waals surface area contributed by atoms with Gasteiger partial charge in [0.2, 0.25) is 5.95 Å². The Bertz CT molecular complexity index is 800. The summed E-state index contributed by atoms with van der Waals surface area (Å²) in [5.41, 5.74) is 3.62. The summed E-state index contributed by atoms with van der Waals surface area (Å²) in [6.45, 7) is 13.6. The van der Waals surface area contributed by atoms with Crippen LogP contribution in [0.4, 0.5) is 17.5 Å². The smallest absolute Gasteiger partial charge is 0.227 e. The van der Waals surface area contributed by atoms with Gasteiger partial charge >= 0.3 is 0 Å². The van der Waals surface area contributed by atoms with Crippen LogP contribution in [0.1, 0.15) is 11.3 Å². The van der Waals surface area contributed by atoms with Gasteiger partial charge in [0, 0.05) is 69.8 Å². The Morgan fingerprint density at radius 1 is 0.931 bits per heavy atom.